The molecule has 1 unspecified atom stereocenters. The zero-order valence-corrected chi connectivity index (χ0v) is 11.5. The van der Waals surface area contributed by atoms with Crippen molar-refractivity contribution in [1.82, 2.24) is 14.3 Å². The van der Waals surface area contributed by atoms with E-state index in [2.05, 4.69) is 10.3 Å². The number of hydrogen-bond donors (Lipinski definition) is 1. The van der Waals surface area contributed by atoms with Crippen molar-refractivity contribution in [3.05, 3.63) is 21.7 Å². The highest BCUT2D eigenvalue weighted by Crippen LogP contribution is 2.28. The number of thiazole rings is 1. The lowest BCUT2D eigenvalue weighted by Crippen LogP contribution is -2.36. The minimum Gasteiger partial charge on any atom is -0.358 e. The van der Waals surface area contributed by atoms with Crippen molar-refractivity contribution in [3.63, 3.8) is 0 Å². The van der Waals surface area contributed by atoms with Crippen molar-refractivity contribution in [2.75, 3.05) is 19.4 Å². The molecule has 0 bridgehead atoms. The molecule has 2 rings (SSSR count). The summed E-state index contributed by atoms with van der Waals surface area (Å²) in [5, 5.41) is 15.6. The van der Waals surface area contributed by atoms with E-state index in [1.54, 1.807) is 32.6 Å². The quantitative estimate of drug-likeness (QED) is 0.672. The summed E-state index contributed by atoms with van der Waals surface area (Å²) in [6.45, 7) is 1.64. The zero-order valence-electron chi connectivity index (χ0n) is 10.7. The predicted octanol–water partition coefficient (Wildman–Crippen LogP) is 1.19. The Morgan fingerprint density at radius 2 is 2.32 bits per heavy atom. The predicted molar refractivity (Wildman–Crippen MR) is 71.5 cm³/mol. The molecule has 1 N–H and O–H groups in total. The lowest BCUT2D eigenvalue weighted by molar-refractivity contribution is -0.389. The summed E-state index contributed by atoms with van der Waals surface area (Å²) in [5.74, 6) is -0.222. The molecule has 8 nitrogen and oxygen atoms in total. The van der Waals surface area contributed by atoms with Crippen LogP contribution in [-0.2, 0) is 4.79 Å². The van der Waals surface area contributed by atoms with Crippen LogP contribution >= 0.6 is 11.3 Å². The monoisotopic (exact) mass is 283 g/mol. The number of imidazole rings is 1. The van der Waals surface area contributed by atoms with Gasteiger partial charge < -0.3 is 20.3 Å². The Balaban J connectivity index is 2.35. The lowest BCUT2D eigenvalue weighted by Gasteiger charge is -2.17. The normalized spacial score (nSPS) is 12.4. The summed E-state index contributed by atoms with van der Waals surface area (Å²) in [5.41, 5.74) is 0. The van der Waals surface area contributed by atoms with Gasteiger partial charge in [0.2, 0.25) is 11.7 Å². The number of nitrogens with one attached hydrogen (secondary N) is 1. The number of amides is 1. The van der Waals surface area contributed by atoms with Crippen LogP contribution in [0.5, 0.6) is 0 Å². The molecule has 0 aromatic carbocycles. The highest BCUT2D eigenvalue weighted by Gasteiger charge is 2.26. The number of nitrogens with zero attached hydrogens (tertiary/aromatic N) is 4. The second-order valence-electron chi connectivity index (χ2n) is 4.20. The van der Waals surface area contributed by atoms with Gasteiger partial charge in [0, 0.05) is 19.5 Å². The maximum Gasteiger partial charge on any atom is 0.372 e. The fourth-order valence-corrected chi connectivity index (χ4v) is 2.41. The number of carbonyl (C=O) groups is 1. The third kappa shape index (κ3) is 2.36. The van der Waals surface area contributed by atoms with E-state index in [-0.39, 0.29) is 17.5 Å². The van der Waals surface area contributed by atoms with E-state index in [0.717, 1.165) is 0 Å². The van der Waals surface area contributed by atoms with Gasteiger partial charge in [-0.15, -0.1) is 0 Å². The van der Waals surface area contributed by atoms with Crippen LogP contribution in [0.1, 0.15) is 6.92 Å². The summed E-state index contributed by atoms with van der Waals surface area (Å²) in [6.07, 6.45) is 1.58. The van der Waals surface area contributed by atoms with Crippen molar-refractivity contribution in [2.24, 2.45) is 0 Å². The van der Waals surface area contributed by atoms with Gasteiger partial charge in [0.1, 0.15) is 12.2 Å². The van der Waals surface area contributed by atoms with E-state index < -0.39 is 11.0 Å². The summed E-state index contributed by atoms with van der Waals surface area (Å²) in [6, 6.07) is -0.585. The number of anilines is 1. The minimum absolute atomic E-state index is 0.111. The average Bonchev–Trinajstić information content (AvgIpc) is 2.86. The molecule has 0 radical (unpaired) electrons. The van der Waals surface area contributed by atoms with E-state index in [0.29, 0.717) is 4.96 Å². The second-order valence-corrected chi connectivity index (χ2v) is 5.07. The molecule has 2 aromatic heterocycles. The van der Waals surface area contributed by atoms with Crippen LogP contribution in [0.3, 0.4) is 0 Å². The lowest BCUT2D eigenvalue weighted by atomic mass is 10.3. The van der Waals surface area contributed by atoms with E-state index in [1.165, 1.54) is 20.6 Å². The molecule has 0 fully saturated rings. The molecule has 1 amide bonds. The van der Waals surface area contributed by atoms with Gasteiger partial charge in [-0.3, -0.25) is 4.79 Å². The Morgan fingerprint density at radius 3 is 2.89 bits per heavy atom. The van der Waals surface area contributed by atoms with Crippen molar-refractivity contribution < 1.29 is 9.72 Å². The number of aromatic nitrogens is 2. The molecule has 9 heteroatoms. The van der Waals surface area contributed by atoms with Crippen LogP contribution < -0.4 is 5.32 Å². The van der Waals surface area contributed by atoms with Crippen LogP contribution in [-0.4, -0.2) is 45.3 Å². The Kier molecular flexibility index (Phi) is 3.38. The summed E-state index contributed by atoms with van der Waals surface area (Å²) in [7, 11) is 3.25. The molecular weight excluding hydrogens is 270 g/mol. The summed E-state index contributed by atoms with van der Waals surface area (Å²) < 4.78 is 1.39. The highest BCUT2D eigenvalue weighted by molar-refractivity contribution is 7.15. The van der Waals surface area contributed by atoms with Gasteiger partial charge in [-0.1, -0.05) is 11.3 Å². The molecular formula is C10H13N5O3S. The standard InChI is InChI=1S/C10H13N5O3S/c1-6(9(16)13(2)3)11-7-8(15(17)18)14-4-5-19-10(14)12-7/h4-6,11H,1-3H3. The van der Waals surface area contributed by atoms with E-state index in [4.69, 9.17) is 0 Å². The average molecular weight is 283 g/mol. The first kappa shape index (κ1) is 13.3. The fraction of sp³-hybridized carbons (Fsp3) is 0.400. The van der Waals surface area contributed by atoms with Crippen LogP contribution in [0, 0.1) is 10.1 Å². The maximum absolute atomic E-state index is 11.7. The topological polar surface area (TPSA) is 92.8 Å². The van der Waals surface area contributed by atoms with E-state index >= 15 is 0 Å². The number of likely N-dealkylation sites (N-methyl/N-ethyl adjacent to an activating group) is 1. The van der Waals surface area contributed by atoms with Gasteiger partial charge in [0.25, 0.3) is 4.96 Å². The molecule has 1 atom stereocenters. The molecule has 2 aromatic rings. The molecule has 0 saturated heterocycles. The van der Waals surface area contributed by atoms with E-state index in [9.17, 15) is 14.9 Å². The Hall–Kier alpha value is -2.16. The molecule has 0 aliphatic rings. The largest absolute Gasteiger partial charge is 0.372 e. The van der Waals surface area contributed by atoms with Crippen molar-refractivity contribution >= 4 is 33.8 Å². The Bertz CT molecular complexity index is 632. The fourth-order valence-electron chi connectivity index (χ4n) is 1.70. The number of hydrogen-bond acceptors (Lipinski definition) is 6. The number of nitro groups is 1. The molecule has 2 heterocycles. The Morgan fingerprint density at radius 1 is 1.63 bits per heavy atom. The maximum atomic E-state index is 11.7. The van der Waals surface area contributed by atoms with Crippen molar-refractivity contribution in [1.29, 1.82) is 0 Å². The molecule has 0 spiro atoms. The van der Waals surface area contributed by atoms with Crippen LogP contribution in [0.15, 0.2) is 11.6 Å². The van der Waals surface area contributed by atoms with Gasteiger partial charge in [-0.05, 0) is 11.8 Å². The second kappa shape index (κ2) is 4.84. The van der Waals surface area contributed by atoms with Gasteiger partial charge in [0.15, 0.2) is 0 Å². The molecule has 19 heavy (non-hydrogen) atoms. The summed E-state index contributed by atoms with van der Waals surface area (Å²) in [4.78, 5) is 28.4. The SMILES string of the molecule is CC(Nc1nc2sccn2c1[N+](=O)[O-])C(=O)N(C)C. The molecule has 0 aliphatic carbocycles. The number of fused-ring (bicyclic) bond motifs is 1. The Labute approximate surface area is 112 Å². The highest BCUT2D eigenvalue weighted by atomic mass is 32.1. The van der Waals surface area contributed by atoms with Crippen LogP contribution in [0.4, 0.5) is 11.6 Å². The zero-order chi connectivity index (χ0) is 14.2. The summed E-state index contributed by atoms with van der Waals surface area (Å²) >= 11 is 1.29. The van der Waals surface area contributed by atoms with Crippen LogP contribution in [0.2, 0.25) is 0 Å². The van der Waals surface area contributed by atoms with Gasteiger partial charge in [0.05, 0.1) is 0 Å². The third-order valence-corrected chi connectivity index (χ3v) is 3.33. The van der Waals surface area contributed by atoms with E-state index in [1.807, 2.05) is 0 Å². The molecule has 102 valence electrons. The first-order chi connectivity index (χ1) is 8.91. The van der Waals surface area contributed by atoms with Gasteiger partial charge >= 0.3 is 5.82 Å². The third-order valence-electron chi connectivity index (χ3n) is 2.57. The number of carbonyl (C=O) groups excluding carboxylic acids is 1. The molecule has 0 aliphatic heterocycles. The smallest absolute Gasteiger partial charge is 0.358 e. The number of rotatable bonds is 4. The first-order valence-electron chi connectivity index (χ1n) is 5.49. The first-order valence-corrected chi connectivity index (χ1v) is 6.37. The van der Waals surface area contributed by atoms with Crippen LogP contribution in [0.25, 0.3) is 4.96 Å². The molecule has 0 saturated carbocycles. The van der Waals surface area contributed by atoms with Crippen molar-refractivity contribution in [2.45, 2.75) is 13.0 Å². The van der Waals surface area contributed by atoms with Gasteiger partial charge in [-0.2, -0.15) is 9.38 Å². The van der Waals surface area contributed by atoms with Crippen molar-refractivity contribution in [3.8, 4) is 0 Å². The minimum atomic E-state index is -0.585. The van der Waals surface area contributed by atoms with Gasteiger partial charge in [-0.25, -0.2) is 0 Å².